The molecule has 2 atom stereocenters. The predicted octanol–water partition coefficient (Wildman–Crippen LogP) is 3.32. The fourth-order valence-electron chi connectivity index (χ4n) is 3.06. The number of hydrogen-bond donors (Lipinski definition) is 1. The Labute approximate surface area is 114 Å². The summed E-state index contributed by atoms with van der Waals surface area (Å²) in [6, 6.07) is 1.93. The molecule has 0 aliphatic heterocycles. The van der Waals surface area contributed by atoms with Crippen molar-refractivity contribution in [2.75, 3.05) is 0 Å². The van der Waals surface area contributed by atoms with Crippen LogP contribution in [0.25, 0.3) is 0 Å². The van der Waals surface area contributed by atoms with Gasteiger partial charge in [0.25, 0.3) is 5.91 Å². The van der Waals surface area contributed by atoms with Gasteiger partial charge in [-0.2, -0.15) is 0 Å². The Morgan fingerprint density at radius 1 is 1.37 bits per heavy atom. The van der Waals surface area contributed by atoms with Crippen molar-refractivity contribution >= 4 is 5.91 Å². The second-order valence-electron chi connectivity index (χ2n) is 6.66. The molecule has 1 aromatic heterocycles. The van der Waals surface area contributed by atoms with Crippen LogP contribution in [0.15, 0.2) is 10.6 Å². The molecule has 1 aromatic rings. The summed E-state index contributed by atoms with van der Waals surface area (Å²) >= 11 is 0. The maximum absolute atomic E-state index is 12.2. The summed E-state index contributed by atoms with van der Waals surface area (Å²) in [4.78, 5) is 12.2. The zero-order chi connectivity index (χ0) is 14.0. The van der Waals surface area contributed by atoms with Crippen LogP contribution in [0.4, 0.5) is 0 Å². The van der Waals surface area contributed by atoms with E-state index in [0.717, 1.165) is 6.42 Å². The number of nitrogens with zero attached hydrogens (tertiary/aromatic N) is 1. The Morgan fingerprint density at radius 3 is 2.63 bits per heavy atom. The first-order chi connectivity index (χ1) is 8.88. The SMILES string of the molecule is Cc1cc(C(=O)NC2CCCCC2C(C)(C)C)no1. The predicted molar refractivity (Wildman–Crippen MR) is 73.9 cm³/mol. The van der Waals surface area contributed by atoms with Crippen LogP contribution >= 0.6 is 0 Å². The monoisotopic (exact) mass is 264 g/mol. The minimum absolute atomic E-state index is 0.113. The van der Waals surface area contributed by atoms with E-state index in [-0.39, 0.29) is 17.4 Å². The van der Waals surface area contributed by atoms with Crippen molar-refractivity contribution < 1.29 is 9.32 Å². The standard InChI is InChI=1S/C15H24N2O2/c1-10-9-13(17-19-10)14(18)16-12-8-6-5-7-11(12)15(2,3)4/h9,11-12H,5-8H2,1-4H3,(H,16,18). The Hall–Kier alpha value is -1.32. The van der Waals surface area contributed by atoms with Crippen LogP contribution in [0.2, 0.25) is 0 Å². The Kier molecular flexibility index (Phi) is 3.97. The molecular formula is C15H24N2O2. The van der Waals surface area contributed by atoms with Crippen molar-refractivity contribution in [3.05, 3.63) is 17.5 Å². The fourth-order valence-corrected chi connectivity index (χ4v) is 3.06. The van der Waals surface area contributed by atoms with Crippen LogP contribution in [0.3, 0.4) is 0 Å². The van der Waals surface area contributed by atoms with Crippen molar-refractivity contribution in [2.45, 2.75) is 59.4 Å². The lowest BCUT2D eigenvalue weighted by atomic mass is 9.69. The van der Waals surface area contributed by atoms with E-state index in [1.165, 1.54) is 19.3 Å². The molecule has 2 unspecified atom stereocenters. The van der Waals surface area contributed by atoms with Gasteiger partial charge in [-0.1, -0.05) is 38.8 Å². The summed E-state index contributed by atoms with van der Waals surface area (Å²) in [5.41, 5.74) is 0.605. The molecule has 106 valence electrons. The molecule has 0 radical (unpaired) electrons. The summed E-state index contributed by atoms with van der Waals surface area (Å²) in [5, 5.41) is 6.93. The van der Waals surface area contributed by atoms with Gasteiger partial charge in [0, 0.05) is 12.1 Å². The molecule has 1 fully saturated rings. The molecule has 4 nitrogen and oxygen atoms in total. The third-order valence-electron chi connectivity index (χ3n) is 4.06. The molecule has 1 aliphatic carbocycles. The normalized spacial score (nSPS) is 24.2. The van der Waals surface area contributed by atoms with Gasteiger partial charge in [-0.25, -0.2) is 0 Å². The van der Waals surface area contributed by atoms with Crippen molar-refractivity contribution in [2.24, 2.45) is 11.3 Å². The third-order valence-corrected chi connectivity index (χ3v) is 4.06. The van der Waals surface area contributed by atoms with E-state index in [1.807, 2.05) is 0 Å². The molecule has 4 heteroatoms. The second kappa shape index (κ2) is 5.35. The second-order valence-corrected chi connectivity index (χ2v) is 6.66. The first-order valence-electron chi connectivity index (χ1n) is 7.12. The van der Waals surface area contributed by atoms with Gasteiger partial charge in [-0.3, -0.25) is 4.79 Å². The van der Waals surface area contributed by atoms with E-state index >= 15 is 0 Å². The first-order valence-corrected chi connectivity index (χ1v) is 7.12. The summed E-state index contributed by atoms with van der Waals surface area (Å²) in [7, 11) is 0. The number of aryl methyl sites for hydroxylation is 1. The summed E-state index contributed by atoms with van der Waals surface area (Å²) in [6.07, 6.45) is 4.70. The van der Waals surface area contributed by atoms with Gasteiger partial charge in [0.1, 0.15) is 5.76 Å². The van der Waals surface area contributed by atoms with Gasteiger partial charge in [0.05, 0.1) is 0 Å². The van der Waals surface area contributed by atoms with E-state index in [4.69, 9.17) is 4.52 Å². The Balaban J connectivity index is 2.05. The quantitative estimate of drug-likeness (QED) is 0.891. The molecule has 2 rings (SSSR count). The highest BCUT2D eigenvalue weighted by Gasteiger charge is 2.35. The first kappa shape index (κ1) is 14.1. The number of aromatic nitrogens is 1. The minimum Gasteiger partial charge on any atom is -0.361 e. The van der Waals surface area contributed by atoms with Crippen LogP contribution in [-0.4, -0.2) is 17.1 Å². The summed E-state index contributed by atoms with van der Waals surface area (Å²) in [6.45, 7) is 8.55. The average Bonchev–Trinajstić information content (AvgIpc) is 2.75. The maximum atomic E-state index is 12.2. The largest absolute Gasteiger partial charge is 0.361 e. The Morgan fingerprint density at radius 2 is 2.05 bits per heavy atom. The highest BCUT2D eigenvalue weighted by Crippen LogP contribution is 2.38. The molecule has 0 bridgehead atoms. The van der Waals surface area contributed by atoms with Gasteiger partial charge in [-0.05, 0) is 31.1 Å². The molecule has 1 heterocycles. The zero-order valence-electron chi connectivity index (χ0n) is 12.3. The van der Waals surface area contributed by atoms with E-state index in [2.05, 4.69) is 31.2 Å². The van der Waals surface area contributed by atoms with Crippen molar-refractivity contribution in [3.8, 4) is 0 Å². The van der Waals surface area contributed by atoms with Crippen molar-refractivity contribution in [1.82, 2.24) is 10.5 Å². The van der Waals surface area contributed by atoms with Crippen LogP contribution in [0, 0.1) is 18.3 Å². The van der Waals surface area contributed by atoms with Crippen LogP contribution in [-0.2, 0) is 0 Å². The molecule has 1 N–H and O–H groups in total. The van der Waals surface area contributed by atoms with Crippen molar-refractivity contribution in [1.29, 1.82) is 0 Å². The number of carbonyl (C=O) groups is 1. The van der Waals surface area contributed by atoms with Crippen LogP contribution in [0.5, 0.6) is 0 Å². The number of hydrogen-bond acceptors (Lipinski definition) is 3. The van der Waals surface area contributed by atoms with Gasteiger partial charge >= 0.3 is 0 Å². The van der Waals surface area contributed by atoms with Crippen LogP contribution < -0.4 is 5.32 Å². The smallest absolute Gasteiger partial charge is 0.273 e. The lowest BCUT2D eigenvalue weighted by Crippen LogP contribution is -2.46. The highest BCUT2D eigenvalue weighted by molar-refractivity contribution is 5.92. The van der Waals surface area contributed by atoms with Gasteiger partial charge < -0.3 is 9.84 Å². The molecule has 19 heavy (non-hydrogen) atoms. The number of amides is 1. The van der Waals surface area contributed by atoms with Gasteiger partial charge in [0.15, 0.2) is 5.69 Å². The molecule has 1 amide bonds. The maximum Gasteiger partial charge on any atom is 0.273 e. The Bertz CT molecular complexity index is 445. The van der Waals surface area contributed by atoms with E-state index in [9.17, 15) is 4.79 Å². The summed E-state index contributed by atoms with van der Waals surface area (Å²) in [5.74, 6) is 1.08. The third kappa shape index (κ3) is 3.37. The fraction of sp³-hybridized carbons (Fsp3) is 0.733. The molecule has 0 saturated heterocycles. The van der Waals surface area contributed by atoms with Crippen LogP contribution in [0.1, 0.15) is 62.7 Å². The van der Waals surface area contributed by atoms with Gasteiger partial charge in [0.2, 0.25) is 0 Å². The van der Waals surface area contributed by atoms with E-state index < -0.39 is 0 Å². The van der Waals surface area contributed by atoms with E-state index in [0.29, 0.717) is 17.4 Å². The zero-order valence-corrected chi connectivity index (χ0v) is 12.3. The minimum atomic E-state index is -0.113. The summed E-state index contributed by atoms with van der Waals surface area (Å²) < 4.78 is 4.96. The number of nitrogens with one attached hydrogen (secondary N) is 1. The molecule has 0 aromatic carbocycles. The average molecular weight is 264 g/mol. The highest BCUT2D eigenvalue weighted by atomic mass is 16.5. The topological polar surface area (TPSA) is 55.1 Å². The molecule has 1 saturated carbocycles. The van der Waals surface area contributed by atoms with E-state index in [1.54, 1.807) is 13.0 Å². The van der Waals surface area contributed by atoms with Crippen molar-refractivity contribution in [3.63, 3.8) is 0 Å². The molecule has 0 spiro atoms. The number of rotatable bonds is 2. The molecule has 1 aliphatic rings. The number of carbonyl (C=O) groups excluding carboxylic acids is 1. The lowest BCUT2D eigenvalue weighted by molar-refractivity contribution is 0.0821. The van der Waals surface area contributed by atoms with Gasteiger partial charge in [-0.15, -0.1) is 0 Å². The molecular weight excluding hydrogens is 240 g/mol. The lowest BCUT2D eigenvalue weighted by Gasteiger charge is -2.40.